The van der Waals surface area contributed by atoms with Crippen molar-refractivity contribution in [3.8, 4) is 16.8 Å². The number of allylic oxidation sites excluding steroid dienone is 5. The SMILES string of the molecule is C1=CC2c3ccc([C@H]4C=C(n5c6c(c7ccccc75)C=C(c5ccc7c8ccccc8n(-c8ccccc8)c7c5)CC6)CCC4)cc3-c3ccccc3C2CC1. The molecule has 0 bridgehead atoms. The van der Waals surface area contributed by atoms with E-state index in [-0.39, 0.29) is 0 Å². The van der Waals surface area contributed by atoms with Gasteiger partial charge in [-0.2, -0.15) is 0 Å². The molecule has 6 aromatic carbocycles. The Kier molecular flexibility index (Phi) is 7.30. The molecule has 0 aliphatic heterocycles. The topological polar surface area (TPSA) is 9.86 Å². The van der Waals surface area contributed by atoms with Gasteiger partial charge in [-0.25, -0.2) is 0 Å². The molecule has 4 aliphatic carbocycles. The lowest BCUT2D eigenvalue weighted by molar-refractivity contribution is 0.547. The molecule has 2 nitrogen and oxygen atoms in total. The van der Waals surface area contributed by atoms with Crippen LogP contribution in [0, 0.1) is 0 Å². The molecule has 2 unspecified atom stereocenters. The maximum Gasteiger partial charge on any atom is 0.0547 e. The van der Waals surface area contributed by atoms with Crippen LogP contribution in [0.1, 0.15) is 89.8 Å². The Morgan fingerprint density at radius 3 is 2.25 bits per heavy atom. The summed E-state index contributed by atoms with van der Waals surface area (Å²) in [6.45, 7) is 0. The maximum atomic E-state index is 2.66. The van der Waals surface area contributed by atoms with Gasteiger partial charge < -0.3 is 9.13 Å². The van der Waals surface area contributed by atoms with Gasteiger partial charge >= 0.3 is 0 Å². The van der Waals surface area contributed by atoms with Crippen LogP contribution in [0.3, 0.4) is 0 Å². The third-order valence-corrected chi connectivity index (χ3v) is 13.6. The third-order valence-electron chi connectivity index (χ3n) is 13.6. The minimum atomic E-state index is 0.408. The number of benzene rings is 6. The monoisotopic (exact) mass is 720 g/mol. The lowest BCUT2D eigenvalue weighted by atomic mass is 9.67. The second-order valence-corrected chi connectivity index (χ2v) is 16.5. The van der Waals surface area contributed by atoms with Gasteiger partial charge in [0.2, 0.25) is 0 Å². The summed E-state index contributed by atoms with van der Waals surface area (Å²) in [7, 11) is 0. The summed E-state index contributed by atoms with van der Waals surface area (Å²) in [6, 6.07) is 52.6. The quantitative estimate of drug-likeness (QED) is 0.160. The number of para-hydroxylation sites is 3. The van der Waals surface area contributed by atoms with Crippen LogP contribution in [0.15, 0.2) is 158 Å². The molecule has 12 rings (SSSR count). The fourth-order valence-corrected chi connectivity index (χ4v) is 11.1. The van der Waals surface area contributed by atoms with Gasteiger partial charge in [0.1, 0.15) is 0 Å². The molecule has 270 valence electrons. The van der Waals surface area contributed by atoms with E-state index in [2.05, 4.69) is 173 Å². The number of nitrogens with zero attached hydrogens (tertiary/aromatic N) is 2. The molecule has 0 fully saturated rings. The van der Waals surface area contributed by atoms with Crippen LogP contribution in [0.25, 0.3) is 66.9 Å². The lowest BCUT2D eigenvalue weighted by Crippen LogP contribution is -2.19. The largest absolute Gasteiger partial charge is 0.317 e. The molecular weight excluding hydrogens is 677 g/mol. The van der Waals surface area contributed by atoms with Crippen LogP contribution in [-0.4, -0.2) is 9.13 Å². The molecular formula is C54H44N2. The van der Waals surface area contributed by atoms with Crippen molar-refractivity contribution >= 4 is 50.1 Å². The summed E-state index contributed by atoms with van der Waals surface area (Å²) in [5.41, 5.74) is 19.6. The fourth-order valence-electron chi connectivity index (χ4n) is 11.1. The summed E-state index contributed by atoms with van der Waals surface area (Å²) in [4.78, 5) is 0. The molecule has 8 aromatic rings. The summed E-state index contributed by atoms with van der Waals surface area (Å²) >= 11 is 0. The summed E-state index contributed by atoms with van der Waals surface area (Å²) in [6.07, 6.45) is 18.0. The van der Waals surface area contributed by atoms with E-state index < -0.39 is 0 Å². The van der Waals surface area contributed by atoms with Gasteiger partial charge in [0.15, 0.2) is 0 Å². The first-order chi connectivity index (χ1) is 27.8. The molecule has 3 atom stereocenters. The van der Waals surface area contributed by atoms with Gasteiger partial charge in [0.05, 0.1) is 16.6 Å². The zero-order valence-corrected chi connectivity index (χ0v) is 31.7. The highest BCUT2D eigenvalue weighted by molar-refractivity contribution is 6.10. The molecule has 0 N–H and O–H groups in total. The van der Waals surface area contributed by atoms with Gasteiger partial charge in [-0.15, -0.1) is 0 Å². The number of hydrogen-bond acceptors (Lipinski definition) is 0. The van der Waals surface area contributed by atoms with Crippen LogP contribution in [0.4, 0.5) is 0 Å². The summed E-state index contributed by atoms with van der Waals surface area (Å²) < 4.78 is 5.09. The van der Waals surface area contributed by atoms with Crippen molar-refractivity contribution in [2.75, 3.05) is 0 Å². The highest BCUT2D eigenvalue weighted by Crippen LogP contribution is 2.52. The zero-order chi connectivity index (χ0) is 36.7. The average Bonchev–Trinajstić information content (AvgIpc) is 3.79. The molecule has 0 amide bonds. The van der Waals surface area contributed by atoms with Crippen LogP contribution in [0.5, 0.6) is 0 Å². The van der Waals surface area contributed by atoms with E-state index in [9.17, 15) is 0 Å². The van der Waals surface area contributed by atoms with Gasteiger partial charge in [-0.3, -0.25) is 0 Å². The second-order valence-electron chi connectivity index (χ2n) is 16.5. The fraction of sp³-hybridized carbons (Fsp3) is 0.185. The molecule has 0 spiro atoms. The Hall–Kier alpha value is -6.12. The van der Waals surface area contributed by atoms with Gasteiger partial charge in [0, 0.05) is 50.6 Å². The Labute approximate surface area is 328 Å². The van der Waals surface area contributed by atoms with Crippen LogP contribution in [-0.2, 0) is 6.42 Å². The van der Waals surface area contributed by atoms with E-state index in [0.29, 0.717) is 17.8 Å². The van der Waals surface area contributed by atoms with E-state index in [1.807, 2.05) is 0 Å². The minimum Gasteiger partial charge on any atom is -0.317 e. The predicted octanol–water partition coefficient (Wildman–Crippen LogP) is 14.2. The van der Waals surface area contributed by atoms with Crippen molar-refractivity contribution in [2.45, 2.75) is 62.7 Å². The molecule has 0 saturated carbocycles. The van der Waals surface area contributed by atoms with Gasteiger partial charge in [-0.05, 0) is 126 Å². The van der Waals surface area contributed by atoms with Gasteiger partial charge in [-0.1, -0.05) is 127 Å². The Morgan fingerprint density at radius 1 is 0.554 bits per heavy atom. The Bertz CT molecular complexity index is 2960. The number of fused-ring (bicyclic) bond motifs is 12. The normalized spacial score (nSPS) is 20.0. The van der Waals surface area contributed by atoms with Crippen LogP contribution < -0.4 is 0 Å². The van der Waals surface area contributed by atoms with Crippen molar-refractivity contribution in [1.29, 1.82) is 0 Å². The molecule has 0 radical (unpaired) electrons. The maximum absolute atomic E-state index is 2.66. The van der Waals surface area contributed by atoms with Crippen LogP contribution >= 0.6 is 0 Å². The van der Waals surface area contributed by atoms with Crippen molar-refractivity contribution < 1.29 is 0 Å². The number of rotatable bonds is 4. The van der Waals surface area contributed by atoms with E-state index >= 15 is 0 Å². The van der Waals surface area contributed by atoms with Crippen molar-refractivity contribution in [2.24, 2.45) is 0 Å². The average molecular weight is 721 g/mol. The highest BCUT2D eigenvalue weighted by Gasteiger charge is 2.34. The van der Waals surface area contributed by atoms with Crippen molar-refractivity contribution in [3.63, 3.8) is 0 Å². The third kappa shape index (κ3) is 4.88. The lowest BCUT2D eigenvalue weighted by Gasteiger charge is -2.36. The summed E-state index contributed by atoms with van der Waals surface area (Å²) in [5, 5.41) is 3.97. The second kappa shape index (κ2) is 12.7. The van der Waals surface area contributed by atoms with E-state index in [1.165, 1.54) is 114 Å². The molecule has 2 heterocycles. The first-order valence-corrected chi connectivity index (χ1v) is 20.8. The smallest absolute Gasteiger partial charge is 0.0547 e. The Balaban J connectivity index is 0.949. The first kappa shape index (κ1) is 32.2. The molecule has 4 aliphatic rings. The molecule has 2 heteroatoms. The minimum absolute atomic E-state index is 0.408. The van der Waals surface area contributed by atoms with E-state index in [1.54, 1.807) is 5.56 Å². The number of hydrogen-bond donors (Lipinski definition) is 0. The van der Waals surface area contributed by atoms with Gasteiger partial charge in [0.25, 0.3) is 0 Å². The molecule has 56 heavy (non-hydrogen) atoms. The van der Waals surface area contributed by atoms with E-state index in [4.69, 9.17) is 0 Å². The zero-order valence-electron chi connectivity index (χ0n) is 31.7. The molecule has 2 aromatic heterocycles. The number of aromatic nitrogens is 2. The van der Waals surface area contributed by atoms with Crippen molar-refractivity contribution in [1.82, 2.24) is 9.13 Å². The van der Waals surface area contributed by atoms with Crippen LogP contribution in [0.2, 0.25) is 0 Å². The molecule has 0 saturated heterocycles. The highest BCUT2D eigenvalue weighted by atomic mass is 15.0. The standard InChI is InChI=1S/C54H44N2/c1-2-14-39(15-3-1)55-51-23-10-8-21-46(51)48-29-26-38(34-54(48)55)37-27-30-53-50(33-37)47-22-9-11-24-52(47)56(53)40-16-12-13-35(31-40)36-25-28-45-43-19-5-4-17-41(43)42-18-6-7-20-44(42)49(45)32-36/h1-3,5-11,14-15,18-26,28-29,31-35,41,43H,4,12-13,16-17,27,30H2/t35-,41?,43?/m1/s1. The predicted molar refractivity (Wildman–Crippen MR) is 236 cm³/mol. The first-order valence-electron chi connectivity index (χ1n) is 20.8. The Morgan fingerprint density at radius 2 is 1.34 bits per heavy atom. The summed E-state index contributed by atoms with van der Waals surface area (Å²) in [5.74, 6) is 1.50. The van der Waals surface area contributed by atoms with E-state index in [0.717, 1.165) is 19.3 Å². The van der Waals surface area contributed by atoms with Crippen molar-refractivity contribution in [3.05, 3.63) is 191 Å².